The number of benzene rings is 6. The molecule has 0 aliphatic carbocycles. The van der Waals surface area contributed by atoms with Gasteiger partial charge in [-0.25, -0.2) is 15.0 Å². The number of hydrogen-bond acceptors (Lipinski definition) is 4. The second-order valence-electron chi connectivity index (χ2n) is 10.8. The molecule has 3 heterocycles. The number of furan rings is 1. The second-order valence-corrected chi connectivity index (χ2v) is 10.8. The Hall–Kier alpha value is -5.87. The summed E-state index contributed by atoms with van der Waals surface area (Å²) in [4.78, 5) is 15.1. The van der Waals surface area contributed by atoms with Gasteiger partial charge in [0.15, 0.2) is 5.82 Å². The predicted molar refractivity (Wildman–Crippen MR) is 176 cm³/mol. The van der Waals surface area contributed by atoms with Crippen molar-refractivity contribution in [3.8, 4) is 33.9 Å². The van der Waals surface area contributed by atoms with Crippen molar-refractivity contribution in [1.82, 2.24) is 15.0 Å². The van der Waals surface area contributed by atoms with E-state index < -0.39 is 0 Å². The molecule has 9 rings (SSSR count). The number of hydrogen-bond donors (Lipinski definition) is 0. The minimum atomic E-state index is 0.713. The summed E-state index contributed by atoms with van der Waals surface area (Å²) < 4.78 is 6.68. The van der Waals surface area contributed by atoms with Gasteiger partial charge in [-0.1, -0.05) is 103 Å². The summed E-state index contributed by atoms with van der Waals surface area (Å²) in [6.45, 7) is 0. The molecule has 200 valence electrons. The summed E-state index contributed by atoms with van der Waals surface area (Å²) in [7, 11) is 0. The highest BCUT2D eigenvalue weighted by molar-refractivity contribution is 6.25. The molecule has 0 aliphatic rings. The summed E-state index contributed by atoms with van der Waals surface area (Å²) in [5.41, 5.74) is 8.54. The van der Waals surface area contributed by atoms with Gasteiger partial charge in [-0.3, -0.25) is 0 Å². The number of fused-ring (bicyclic) bond motifs is 8. The lowest BCUT2D eigenvalue weighted by Gasteiger charge is -2.10. The molecule has 0 fully saturated rings. The molecular weight excluding hydrogens is 526 g/mol. The van der Waals surface area contributed by atoms with Crippen molar-refractivity contribution in [3.05, 3.63) is 140 Å². The van der Waals surface area contributed by atoms with E-state index in [0.717, 1.165) is 82.6 Å². The largest absolute Gasteiger partial charge is 0.455 e. The van der Waals surface area contributed by atoms with Crippen LogP contribution in [-0.4, -0.2) is 15.0 Å². The second kappa shape index (κ2) is 9.33. The van der Waals surface area contributed by atoms with E-state index >= 15 is 0 Å². The van der Waals surface area contributed by atoms with E-state index in [2.05, 4.69) is 91.0 Å². The fourth-order valence-electron chi connectivity index (χ4n) is 6.24. The SMILES string of the molecule is c1ccc(-c2nc(-c3ccc4oc5c(ccc6c(-c7ccccc7)nc7ccccc7c65)c4c3)c3ccccc3n2)cc1. The summed E-state index contributed by atoms with van der Waals surface area (Å²) in [6.07, 6.45) is 0. The fraction of sp³-hybridized carbons (Fsp3) is 0. The first-order chi connectivity index (χ1) is 21.3. The molecule has 0 spiro atoms. The van der Waals surface area contributed by atoms with Crippen LogP contribution < -0.4 is 0 Å². The molecule has 4 nitrogen and oxygen atoms in total. The fourth-order valence-corrected chi connectivity index (χ4v) is 6.24. The maximum Gasteiger partial charge on any atom is 0.160 e. The Morgan fingerprint density at radius 3 is 1.81 bits per heavy atom. The Balaban J connectivity index is 1.33. The lowest BCUT2D eigenvalue weighted by molar-refractivity contribution is 0.673. The molecule has 0 saturated heterocycles. The Bertz CT molecular complexity index is 2500. The Morgan fingerprint density at radius 2 is 1.02 bits per heavy atom. The summed E-state index contributed by atoms with van der Waals surface area (Å²) in [5.74, 6) is 0.713. The van der Waals surface area contributed by atoms with Crippen molar-refractivity contribution in [2.75, 3.05) is 0 Å². The van der Waals surface area contributed by atoms with Crippen LogP contribution in [0.5, 0.6) is 0 Å². The van der Waals surface area contributed by atoms with Crippen LogP contribution in [0.25, 0.3) is 88.4 Å². The zero-order valence-corrected chi connectivity index (χ0v) is 23.0. The van der Waals surface area contributed by atoms with E-state index in [1.807, 2.05) is 48.5 Å². The van der Waals surface area contributed by atoms with Gasteiger partial charge >= 0.3 is 0 Å². The van der Waals surface area contributed by atoms with Crippen LogP contribution in [0.3, 0.4) is 0 Å². The van der Waals surface area contributed by atoms with Crippen LogP contribution >= 0.6 is 0 Å². The minimum Gasteiger partial charge on any atom is -0.455 e. The van der Waals surface area contributed by atoms with Crippen LogP contribution in [-0.2, 0) is 0 Å². The van der Waals surface area contributed by atoms with Crippen LogP contribution in [0.15, 0.2) is 144 Å². The minimum absolute atomic E-state index is 0.713. The molecule has 3 aromatic heterocycles. The molecule has 43 heavy (non-hydrogen) atoms. The topological polar surface area (TPSA) is 51.8 Å². The van der Waals surface area contributed by atoms with Gasteiger partial charge in [0.25, 0.3) is 0 Å². The number of para-hydroxylation sites is 2. The monoisotopic (exact) mass is 549 g/mol. The highest BCUT2D eigenvalue weighted by atomic mass is 16.3. The van der Waals surface area contributed by atoms with Gasteiger partial charge in [-0.2, -0.15) is 0 Å². The zero-order valence-electron chi connectivity index (χ0n) is 23.0. The molecule has 0 bridgehead atoms. The van der Waals surface area contributed by atoms with Crippen molar-refractivity contribution in [1.29, 1.82) is 0 Å². The first-order valence-corrected chi connectivity index (χ1v) is 14.4. The maximum absolute atomic E-state index is 6.68. The third-order valence-electron chi connectivity index (χ3n) is 8.26. The molecule has 0 unspecified atom stereocenters. The normalized spacial score (nSPS) is 11.7. The highest BCUT2D eigenvalue weighted by Gasteiger charge is 2.18. The first kappa shape index (κ1) is 23.8. The van der Waals surface area contributed by atoms with E-state index in [0.29, 0.717) is 5.82 Å². The Kier molecular flexibility index (Phi) is 5.16. The Morgan fingerprint density at radius 1 is 0.395 bits per heavy atom. The smallest absolute Gasteiger partial charge is 0.160 e. The number of aromatic nitrogens is 3. The van der Waals surface area contributed by atoms with Gasteiger partial charge in [-0.15, -0.1) is 0 Å². The molecule has 6 aromatic carbocycles. The summed E-state index contributed by atoms with van der Waals surface area (Å²) in [6, 6.07) is 47.8. The Labute approximate surface area is 246 Å². The van der Waals surface area contributed by atoms with Crippen molar-refractivity contribution in [3.63, 3.8) is 0 Å². The number of rotatable bonds is 3. The maximum atomic E-state index is 6.68. The standard InChI is InChI=1S/C39H23N3O/c1-3-11-24(12-4-1)36-30-21-20-27-31-23-26(19-22-34(31)43-38(27)35(30)28-15-7-9-17-32(28)40-36)37-29-16-8-10-18-33(29)41-39(42-37)25-13-5-2-6-14-25/h1-23H. The third-order valence-corrected chi connectivity index (χ3v) is 8.26. The van der Waals surface area contributed by atoms with E-state index in [4.69, 9.17) is 19.4 Å². The van der Waals surface area contributed by atoms with Gasteiger partial charge in [0.2, 0.25) is 0 Å². The van der Waals surface area contributed by atoms with Crippen molar-refractivity contribution in [2.45, 2.75) is 0 Å². The molecule has 0 saturated carbocycles. The van der Waals surface area contributed by atoms with Crippen molar-refractivity contribution < 1.29 is 4.42 Å². The average Bonchev–Trinajstić information content (AvgIpc) is 3.46. The van der Waals surface area contributed by atoms with Gasteiger partial charge in [0, 0.05) is 49.0 Å². The van der Waals surface area contributed by atoms with Gasteiger partial charge in [-0.05, 0) is 36.4 Å². The molecule has 0 atom stereocenters. The summed E-state index contributed by atoms with van der Waals surface area (Å²) >= 11 is 0. The van der Waals surface area contributed by atoms with Crippen molar-refractivity contribution >= 4 is 54.5 Å². The molecule has 0 amide bonds. The van der Waals surface area contributed by atoms with E-state index in [1.54, 1.807) is 0 Å². The molecule has 4 heteroatoms. The third kappa shape index (κ3) is 3.74. The van der Waals surface area contributed by atoms with Gasteiger partial charge < -0.3 is 4.42 Å². The number of nitrogens with zero attached hydrogens (tertiary/aromatic N) is 3. The van der Waals surface area contributed by atoms with Gasteiger partial charge in [0.05, 0.1) is 22.4 Å². The van der Waals surface area contributed by atoms with E-state index in [1.165, 1.54) is 0 Å². The predicted octanol–water partition coefficient (Wildman–Crippen LogP) is 10.2. The lowest BCUT2D eigenvalue weighted by atomic mass is 9.97. The first-order valence-electron chi connectivity index (χ1n) is 14.4. The highest BCUT2D eigenvalue weighted by Crippen LogP contribution is 2.41. The van der Waals surface area contributed by atoms with Crippen molar-refractivity contribution in [2.24, 2.45) is 0 Å². The van der Waals surface area contributed by atoms with Crippen LogP contribution in [0.2, 0.25) is 0 Å². The van der Waals surface area contributed by atoms with Crippen LogP contribution in [0, 0.1) is 0 Å². The lowest BCUT2D eigenvalue weighted by Crippen LogP contribution is -1.95. The molecular formula is C39H23N3O. The summed E-state index contributed by atoms with van der Waals surface area (Å²) in [5, 5.41) is 6.38. The molecule has 9 aromatic rings. The van der Waals surface area contributed by atoms with Crippen LogP contribution in [0.4, 0.5) is 0 Å². The van der Waals surface area contributed by atoms with Crippen LogP contribution in [0.1, 0.15) is 0 Å². The quantitative estimate of drug-likeness (QED) is 0.206. The molecule has 0 aliphatic heterocycles. The average molecular weight is 550 g/mol. The van der Waals surface area contributed by atoms with E-state index in [-0.39, 0.29) is 0 Å². The molecule has 0 radical (unpaired) electrons. The number of pyridine rings is 1. The molecule has 0 N–H and O–H groups in total. The van der Waals surface area contributed by atoms with Gasteiger partial charge in [0.1, 0.15) is 11.2 Å². The van der Waals surface area contributed by atoms with E-state index in [9.17, 15) is 0 Å². The zero-order chi connectivity index (χ0) is 28.3.